The number of pyridine rings is 1. The predicted molar refractivity (Wildman–Crippen MR) is 95.8 cm³/mol. The molecule has 0 N–H and O–H groups in total. The molecule has 3 aromatic rings. The second kappa shape index (κ2) is 7.14. The van der Waals surface area contributed by atoms with Crippen molar-refractivity contribution in [2.24, 2.45) is 0 Å². The van der Waals surface area contributed by atoms with E-state index in [4.69, 9.17) is 9.15 Å². The summed E-state index contributed by atoms with van der Waals surface area (Å²) >= 11 is 1.86. The average molecular weight is 355 g/mol. The Balaban J connectivity index is 1.41. The molecule has 0 saturated carbocycles. The van der Waals surface area contributed by atoms with Gasteiger partial charge in [0.2, 0.25) is 5.89 Å². The van der Waals surface area contributed by atoms with Crippen LogP contribution in [0.15, 0.2) is 47.2 Å². The molecular weight excluding hydrogens is 338 g/mol. The molecule has 3 heterocycles. The number of rotatable bonds is 4. The molecule has 0 atom stereocenters. The first-order valence-corrected chi connectivity index (χ1v) is 9.24. The molecule has 128 valence electrons. The number of ether oxygens (including phenoxy) is 1. The van der Waals surface area contributed by atoms with Crippen LogP contribution in [0.2, 0.25) is 0 Å². The molecule has 1 amide bonds. The summed E-state index contributed by atoms with van der Waals surface area (Å²) < 4.78 is 11.1. The SMILES string of the molecule is O=C(c1coc(COc2ccc3ncccc3c2)n1)N1CCSCC1. The van der Waals surface area contributed by atoms with Crippen molar-refractivity contribution in [3.05, 3.63) is 54.4 Å². The third kappa shape index (κ3) is 3.61. The zero-order chi connectivity index (χ0) is 17.1. The van der Waals surface area contributed by atoms with Crippen LogP contribution in [0.1, 0.15) is 16.4 Å². The summed E-state index contributed by atoms with van der Waals surface area (Å²) in [5, 5.41) is 1.01. The molecule has 7 heteroatoms. The number of benzene rings is 1. The minimum atomic E-state index is -0.0768. The van der Waals surface area contributed by atoms with Crippen LogP contribution in [0.25, 0.3) is 10.9 Å². The lowest BCUT2D eigenvalue weighted by atomic mass is 10.2. The number of carbonyl (C=O) groups excluding carboxylic acids is 1. The van der Waals surface area contributed by atoms with Crippen molar-refractivity contribution in [1.82, 2.24) is 14.9 Å². The average Bonchev–Trinajstić information content (AvgIpc) is 3.15. The molecule has 0 unspecified atom stereocenters. The number of amides is 1. The van der Waals surface area contributed by atoms with E-state index in [0.29, 0.717) is 17.3 Å². The summed E-state index contributed by atoms with van der Waals surface area (Å²) in [5.41, 5.74) is 1.26. The Morgan fingerprint density at radius 1 is 1.28 bits per heavy atom. The highest BCUT2D eigenvalue weighted by Crippen LogP contribution is 2.20. The molecule has 0 bridgehead atoms. The van der Waals surface area contributed by atoms with Gasteiger partial charge in [-0.15, -0.1) is 0 Å². The molecule has 0 spiro atoms. The van der Waals surface area contributed by atoms with Crippen molar-refractivity contribution in [2.75, 3.05) is 24.6 Å². The lowest BCUT2D eigenvalue weighted by molar-refractivity contribution is 0.0766. The van der Waals surface area contributed by atoms with Gasteiger partial charge < -0.3 is 14.1 Å². The van der Waals surface area contributed by atoms with E-state index in [9.17, 15) is 4.79 Å². The van der Waals surface area contributed by atoms with E-state index in [2.05, 4.69) is 9.97 Å². The smallest absolute Gasteiger partial charge is 0.275 e. The quantitative estimate of drug-likeness (QED) is 0.717. The van der Waals surface area contributed by atoms with E-state index in [0.717, 1.165) is 35.5 Å². The summed E-state index contributed by atoms with van der Waals surface area (Å²) in [6.45, 7) is 1.69. The molecule has 1 saturated heterocycles. The fraction of sp³-hybridized carbons (Fsp3) is 0.278. The fourth-order valence-corrected chi connectivity index (χ4v) is 3.60. The van der Waals surface area contributed by atoms with Crippen molar-refractivity contribution < 1.29 is 13.9 Å². The number of thioether (sulfide) groups is 1. The van der Waals surface area contributed by atoms with Crippen LogP contribution >= 0.6 is 11.8 Å². The molecular formula is C18H17N3O3S. The third-order valence-electron chi connectivity index (χ3n) is 4.01. The number of carbonyl (C=O) groups is 1. The summed E-state index contributed by atoms with van der Waals surface area (Å²) in [6, 6.07) is 9.55. The van der Waals surface area contributed by atoms with Crippen LogP contribution < -0.4 is 4.74 Å². The fourth-order valence-electron chi connectivity index (χ4n) is 2.69. The van der Waals surface area contributed by atoms with E-state index in [1.54, 1.807) is 6.20 Å². The predicted octanol–water partition coefficient (Wildman–Crippen LogP) is 2.99. The van der Waals surface area contributed by atoms with Crippen molar-refractivity contribution in [3.63, 3.8) is 0 Å². The van der Waals surface area contributed by atoms with Gasteiger partial charge >= 0.3 is 0 Å². The number of hydrogen-bond acceptors (Lipinski definition) is 6. The lowest BCUT2D eigenvalue weighted by Gasteiger charge is -2.25. The number of hydrogen-bond donors (Lipinski definition) is 0. The van der Waals surface area contributed by atoms with Gasteiger partial charge in [0.15, 0.2) is 12.3 Å². The Hall–Kier alpha value is -2.54. The monoisotopic (exact) mass is 355 g/mol. The van der Waals surface area contributed by atoms with Crippen molar-refractivity contribution in [1.29, 1.82) is 0 Å². The van der Waals surface area contributed by atoms with E-state index >= 15 is 0 Å². The number of aromatic nitrogens is 2. The van der Waals surface area contributed by atoms with E-state index in [1.807, 2.05) is 47.0 Å². The molecule has 4 rings (SSSR count). The first-order valence-electron chi connectivity index (χ1n) is 8.08. The van der Waals surface area contributed by atoms with Gasteiger partial charge in [-0.2, -0.15) is 11.8 Å². The van der Waals surface area contributed by atoms with Crippen molar-refractivity contribution in [3.8, 4) is 5.75 Å². The summed E-state index contributed by atoms with van der Waals surface area (Å²) in [7, 11) is 0. The van der Waals surface area contributed by atoms with Crippen LogP contribution in [0, 0.1) is 0 Å². The molecule has 0 radical (unpaired) electrons. The second-order valence-corrected chi connectivity index (χ2v) is 6.90. The summed E-state index contributed by atoms with van der Waals surface area (Å²) in [6.07, 6.45) is 3.17. The summed E-state index contributed by atoms with van der Waals surface area (Å²) in [5.74, 6) is 2.96. The molecule has 2 aromatic heterocycles. The largest absolute Gasteiger partial charge is 0.484 e. The second-order valence-electron chi connectivity index (χ2n) is 5.68. The van der Waals surface area contributed by atoms with Crippen LogP contribution in [0.5, 0.6) is 5.75 Å². The van der Waals surface area contributed by atoms with E-state index < -0.39 is 0 Å². The number of fused-ring (bicyclic) bond motifs is 1. The van der Waals surface area contributed by atoms with Gasteiger partial charge in [0.1, 0.15) is 12.0 Å². The molecule has 6 nitrogen and oxygen atoms in total. The van der Waals surface area contributed by atoms with Crippen LogP contribution in [0.4, 0.5) is 0 Å². The Kier molecular flexibility index (Phi) is 4.56. The Morgan fingerprint density at radius 3 is 3.04 bits per heavy atom. The highest BCUT2D eigenvalue weighted by Gasteiger charge is 2.21. The van der Waals surface area contributed by atoms with Gasteiger partial charge in [0.25, 0.3) is 5.91 Å². The maximum Gasteiger partial charge on any atom is 0.275 e. The van der Waals surface area contributed by atoms with Crippen LogP contribution in [-0.2, 0) is 6.61 Å². The first-order chi connectivity index (χ1) is 12.3. The Labute approximate surface area is 149 Å². The molecule has 1 aromatic carbocycles. The van der Waals surface area contributed by atoms with Crippen molar-refractivity contribution >= 4 is 28.6 Å². The maximum absolute atomic E-state index is 12.4. The summed E-state index contributed by atoms with van der Waals surface area (Å²) in [4.78, 5) is 22.7. The van der Waals surface area contributed by atoms with Crippen LogP contribution in [0.3, 0.4) is 0 Å². The number of oxazole rings is 1. The third-order valence-corrected chi connectivity index (χ3v) is 4.95. The van der Waals surface area contributed by atoms with Gasteiger partial charge in [-0.1, -0.05) is 6.07 Å². The van der Waals surface area contributed by atoms with Crippen LogP contribution in [-0.4, -0.2) is 45.4 Å². The minimum Gasteiger partial charge on any atom is -0.484 e. The van der Waals surface area contributed by atoms with Gasteiger partial charge in [-0.3, -0.25) is 9.78 Å². The topological polar surface area (TPSA) is 68.5 Å². The molecule has 25 heavy (non-hydrogen) atoms. The normalized spacial score (nSPS) is 14.6. The van der Waals surface area contributed by atoms with E-state index in [-0.39, 0.29) is 12.5 Å². The number of nitrogens with zero attached hydrogens (tertiary/aromatic N) is 3. The Morgan fingerprint density at radius 2 is 2.16 bits per heavy atom. The standard InChI is InChI=1S/C18H17N3O3S/c22-18(21-6-8-25-9-7-21)16-11-24-17(20-16)12-23-14-3-4-15-13(10-14)2-1-5-19-15/h1-5,10-11H,6-9,12H2. The molecule has 1 aliphatic rings. The van der Waals surface area contributed by atoms with Gasteiger partial charge in [-0.25, -0.2) is 4.98 Å². The van der Waals surface area contributed by atoms with Gasteiger partial charge in [0.05, 0.1) is 5.52 Å². The first kappa shape index (κ1) is 16.0. The zero-order valence-corrected chi connectivity index (χ0v) is 14.4. The highest BCUT2D eigenvalue weighted by molar-refractivity contribution is 7.99. The van der Waals surface area contributed by atoms with Gasteiger partial charge in [0, 0.05) is 36.2 Å². The molecule has 1 aliphatic heterocycles. The zero-order valence-electron chi connectivity index (χ0n) is 13.6. The van der Waals surface area contributed by atoms with E-state index in [1.165, 1.54) is 6.26 Å². The lowest BCUT2D eigenvalue weighted by Crippen LogP contribution is -2.38. The highest BCUT2D eigenvalue weighted by atomic mass is 32.2. The van der Waals surface area contributed by atoms with Gasteiger partial charge in [-0.05, 0) is 24.3 Å². The minimum absolute atomic E-state index is 0.0768. The maximum atomic E-state index is 12.4. The molecule has 0 aliphatic carbocycles. The Bertz CT molecular complexity index is 890. The molecule has 1 fully saturated rings. The van der Waals surface area contributed by atoms with Crippen molar-refractivity contribution in [2.45, 2.75) is 6.61 Å².